The number of esters is 1. The van der Waals surface area contributed by atoms with Crippen LogP contribution in [0.2, 0.25) is 19.6 Å². The summed E-state index contributed by atoms with van der Waals surface area (Å²) in [5.74, 6) is -0.219. The van der Waals surface area contributed by atoms with Crippen LogP contribution >= 0.6 is 0 Å². The first-order chi connectivity index (χ1) is 11.8. The average molecular weight is 364 g/mol. The lowest BCUT2D eigenvalue weighted by atomic mass is 9.72. The predicted molar refractivity (Wildman–Crippen MR) is 98.2 cm³/mol. The molecule has 0 N–H and O–H groups in total. The van der Waals surface area contributed by atoms with E-state index < -0.39 is 8.32 Å². The molecule has 2 aliphatic heterocycles. The summed E-state index contributed by atoms with van der Waals surface area (Å²) in [6.45, 7) is 12.2. The molecule has 0 spiro atoms. The third kappa shape index (κ3) is 3.22. The van der Waals surface area contributed by atoms with E-state index in [4.69, 9.17) is 9.16 Å². The highest BCUT2D eigenvalue weighted by molar-refractivity contribution is 6.69. The van der Waals surface area contributed by atoms with Gasteiger partial charge in [-0.2, -0.15) is 0 Å². The molecule has 2 heterocycles. The number of hydrogen-bond donors (Lipinski definition) is 0. The lowest BCUT2D eigenvalue weighted by Crippen LogP contribution is -2.65. The van der Waals surface area contributed by atoms with Crippen LogP contribution in [0.15, 0.2) is 23.9 Å². The first-order valence-electron chi connectivity index (χ1n) is 9.28. The largest absolute Gasteiger partial charge is 0.457 e. The standard InChI is InChI=1S/C19H29NO4Si/c1-6-11-23-19(22)17-14-10-8-7-9-13(14)16-15(18(21)20(16)17)12(2)24-25(3,4)5/h6,12-13,15-16H,1,7-11H2,2-5H3/t12-,13+,15-,16-/m1/s1. The van der Waals surface area contributed by atoms with Crippen molar-refractivity contribution < 1.29 is 18.8 Å². The summed E-state index contributed by atoms with van der Waals surface area (Å²) in [7, 11) is -1.73. The Kier molecular flexibility index (Phi) is 4.94. The van der Waals surface area contributed by atoms with Crippen molar-refractivity contribution in [2.75, 3.05) is 6.61 Å². The number of ether oxygens (including phenoxy) is 1. The third-order valence-corrected chi connectivity index (χ3v) is 6.45. The van der Waals surface area contributed by atoms with Gasteiger partial charge < -0.3 is 14.1 Å². The minimum absolute atomic E-state index is 0.0169. The van der Waals surface area contributed by atoms with E-state index in [1.54, 1.807) is 11.0 Å². The van der Waals surface area contributed by atoms with E-state index in [-0.39, 0.29) is 42.5 Å². The van der Waals surface area contributed by atoms with Gasteiger partial charge >= 0.3 is 5.97 Å². The molecule has 1 amide bonds. The Balaban J connectivity index is 1.85. The Hall–Kier alpha value is -1.40. The van der Waals surface area contributed by atoms with Gasteiger partial charge in [0.15, 0.2) is 8.32 Å². The van der Waals surface area contributed by atoms with Crippen LogP contribution in [-0.4, -0.2) is 43.8 Å². The van der Waals surface area contributed by atoms with Gasteiger partial charge in [0.05, 0.1) is 18.1 Å². The molecule has 6 heteroatoms. The van der Waals surface area contributed by atoms with Crippen LogP contribution in [0.5, 0.6) is 0 Å². The van der Waals surface area contributed by atoms with E-state index in [1.165, 1.54) is 0 Å². The number of carbonyl (C=O) groups is 2. The maximum absolute atomic E-state index is 12.9. The fraction of sp³-hybridized carbons (Fsp3) is 0.684. The second-order valence-corrected chi connectivity index (χ2v) is 12.7. The van der Waals surface area contributed by atoms with Gasteiger partial charge in [-0.1, -0.05) is 19.1 Å². The first-order valence-corrected chi connectivity index (χ1v) is 12.7. The van der Waals surface area contributed by atoms with Gasteiger partial charge in [-0.3, -0.25) is 4.79 Å². The van der Waals surface area contributed by atoms with Gasteiger partial charge in [-0.05, 0) is 51.4 Å². The topological polar surface area (TPSA) is 55.8 Å². The number of β-lactam (4-membered cyclic amide) rings is 1. The molecule has 0 radical (unpaired) electrons. The van der Waals surface area contributed by atoms with Crippen LogP contribution in [0.4, 0.5) is 0 Å². The average Bonchev–Trinajstić information content (AvgIpc) is 2.82. The van der Waals surface area contributed by atoms with Crippen LogP contribution in [0.1, 0.15) is 32.6 Å². The normalized spacial score (nSPS) is 29.7. The quantitative estimate of drug-likeness (QED) is 0.315. The summed E-state index contributed by atoms with van der Waals surface area (Å²) in [4.78, 5) is 27.2. The van der Waals surface area contributed by atoms with Crippen molar-refractivity contribution >= 4 is 20.2 Å². The molecule has 3 aliphatic rings. The molecule has 0 aromatic rings. The number of fused-ring (bicyclic) bond motifs is 3. The number of rotatable bonds is 6. The van der Waals surface area contributed by atoms with Gasteiger partial charge in [0.1, 0.15) is 12.3 Å². The summed E-state index contributed by atoms with van der Waals surface area (Å²) in [6, 6.07) is 0.0698. The molecular formula is C19H29NO4Si. The zero-order valence-corrected chi connectivity index (χ0v) is 16.7. The first kappa shape index (κ1) is 18.4. The highest BCUT2D eigenvalue weighted by Gasteiger charge is 2.61. The lowest BCUT2D eigenvalue weighted by Gasteiger charge is -2.49. The molecule has 0 bridgehead atoms. The molecule has 1 aliphatic carbocycles. The summed E-state index contributed by atoms with van der Waals surface area (Å²) in [6.07, 6.45) is 5.60. The molecule has 0 aromatic heterocycles. The zero-order chi connectivity index (χ0) is 18.4. The molecule has 0 aromatic carbocycles. The van der Waals surface area contributed by atoms with Crippen LogP contribution in [0.3, 0.4) is 0 Å². The zero-order valence-electron chi connectivity index (χ0n) is 15.7. The van der Waals surface area contributed by atoms with Crippen LogP contribution < -0.4 is 0 Å². The van der Waals surface area contributed by atoms with Crippen LogP contribution in [-0.2, 0) is 18.8 Å². The Morgan fingerprint density at radius 3 is 2.76 bits per heavy atom. The number of hydrogen-bond acceptors (Lipinski definition) is 4. The molecule has 1 saturated heterocycles. The maximum atomic E-state index is 12.9. The summed E-state index contributed by atoms with van der Waals surface area (Å²) in [5.41, 5.74) is 1.64. The van der Waals surface area contributed by atoms with Crippen molar-refractivity contribution in [2.45, 2.75) is 64.4 Å². The van der Waals surface area contributed by atoms with E-state index in [0.717, 1.165) is 31.3 Å². The van der Waals surface area contributed by atoms with Gasteiger partial charge in [0.2, 0.25) is 5.91 Å². The predicted octanol–water partition coefficient (Wildman–Crippen LogP) is 3.24. The minimum atomic E-state index is -1.73. The van der Waals surface area contributed by atoms with Gasteiger partial charge in [0.25, 0.3) is 0 Å². The third-order valence-electron chi connectivity index (χ3n) is 5.38. The molecule has 4 atom stereocenters. The molecule has 2 fully saturated rings. The Labute approximate surface area is 151 Å². The van der Waals surface area contributed by atoms with E-state index in [9.17, 15) is 9.59 Å². The van der Waals surface area contributed by atoms with Crippen molar-refractivity contribution in [1.82, 2.24) is 4.90 Å². The van der Waals surface area contributed by atoms with Crippen molar-refractivity contribution in [3.8, 4) is 0 Å². The number of nitrogens with zero attached hydrogens (tertiary/aromatic N) is 1. The molecule has 3 rings (SSSR count). The van der Waals surface area contributed by atoms with Crippen molar-refractivity contribution in [2.24, 2.45) is 11.8 Å². The SMILES string of the molecule is C=CCOC(=O)C1=C2CCCC[C@@H]2[C@@H]2[C@@H]([C@@H](C)O[Si](C)(C)C)C(=O)N12. The Morgan fingerprint density at radius 1 is 1.40 bits per heavy atom. The molecule has 5 nitrogen and oxygen atoms in total. The van der Waals surface area contributed by atoms with Gasteiger partial charge in [-0.15, -0.1) is 0 Å². The monoisotopic (exact) mass is 363 g/mol. The molecule has 138 valence electrons. The Morgan fingerprint density at radius 2 is 2.12 bits per heavy atom. The van der Waals surface area contributed by atoms with Crippen molar-refractivity contribution in [3.05, 3.63) is 23.9 Å². The van der Waals surface area contributed by atoms with Crippen LogP contribution in [0.25, 0.3) is 0 Å². The molecule has 1 saturated carbocycles. The second kappa shape index (κ2) is 6.72. The van der Waals surface area contributed by atoms with E-state index >= 15 is 0 Å². The fourth-order valence-electron chi connectivity index (χ4n) is 4.63. The van der Waals surface area contributed by atoms with Gasteiger partial charge in [-0.25, -0.2) is 4.79 Å². The van der Waals surface area contributed by atoms with E-state index in [1.807, 2.05) is 6.92 Å². The summed E-state index contributed by atoms with van der Waals surface area (Å²) >= 11 is 0. The van der Waals surface area contributed by atoms with Crippen molar-refractivity contribution in [3.63, 3.8) is 0 Å². The molecular weight excluding hydrogens is 334 g/mol. The highest BCUT2D eigenvalue weighted by atomic mass is 28.4. The van der Waals surface area contributed by atoms with E-state index in [0.29, 0.717) is 5.70 Å². The minimum Gasteiger partial charge on any atom is -0.457 e. The van der Waals surface area contributed by atoms with E-state index in [2.05, 4.69) is 26.2 Å². The van der Waals surface area contributed by atoms with Gasteiger partial charge in [0, 0.05) is 5.92 Å². The maximum Gasteiger partial charge on any atom is 0.355 e. The number of amides is 1. The lowest BCUT2D eigenvalue weighted by molar-refractivity contribution is -0.163. The molecule has 25 heavy (non-hydrogen) atoms. The Bertz CT molecular complexity index is 621. The van der Waals surface area contributed by atoms with Crippen molar-refractivity contribution in [1.29, 1.82) is 0 Å². The van der Waals surface area contributed by atoms with Crippen LogP contribution in [0, 0.1) is 11.8 Å². The summed E-state index contributed by atoms with van der Waals surface area (Å²) < 4.78 is 11.5. The second-order valence-electron chi connectivity index (χ2n) is 8.27. The molecule has 0 unspecified atom stereocenters. The smallest absolute Gasteiger partial charge is 0.355 e. The fourth-order valence-corrected chi connectivity index (χ4v) is 5.89. The summed E-state index contributed by atoms with van der Waals surface area (Å²) in [5, 5.41) is 0. The number of carbonyl (C=O) groups excluding carboxylic acids is 2. The highest BCUT2D eigenvalue weighted by Crippen LogP contribution is 2.52.